The minimum absolute atomic E-state index is 0.455. The van der Waals surface area contributed by atoms with Crippen molar-refractivity contribution in [3.05, 3.63) is 16.4 Å². The van der Waals surface area contributed by atoms with Crippen LogP contribution in [0.2, 0.25) is 5.02 Å². The lowest BCUT2D eigenvalue weighted by molar-refractivity contribution is 0.189. The van der Waals surface area contributed by atoms with E-state index < -0.39 is 0 Å². The highest BCUT2D eigenvalue weighted by molar-refractivity contribution is 6.31. The smallest absolute Gasteiger partial charge is 0.0863 e. The van der Waals surface area contributed by atoms with E-state index >= 15 is 0 Å². The van der Waals surface area contributed by atoms with Gasteiger partial charge in [-0.15, -0.1) is 0 Å². The van der Waals surface area contributed by atoms with Crippen molar-refractivity contribution in [3.63, 3.8) is 0 Å². The molecule has 1 N–H and O–H groups in total. The van der Waals surface area contributed by atoms with Crippen LogP contribution < -0.4 is 5.32 Å². The van der Waals surface area contributed by atoms with E-state index in [-0.39, 0.29) is 0 Å². The first kappa shape index (κ1) is 11.9. The number of aromatic nitrogens is 2. The van der Waals surface area contributed by atoms with Crippen LogP contribution in [0, 0.1) is 0 Å². The van der Waals surface area contributed by atoms with Crippen molar-refractivity contribution in [2.24, 2.45) is 7.05 Å². The van der Waals surface area contributed by atoms with Gasteiger partial charge in [0, 0.05) is 26.2 Å². The Kier molecular flexibility index (Phi) is 3.84. The van der Waals surface area contributed by atoms with Gasteiger partial charge < -0.3 is 10.1 Å². The fourth-order valence-electron chi connectivity index (χ4n) is 1.95. The van der Waals surface area contributed by atoms with E-state index in [1.54, 1.807) is 0 Å². The van der Waals surface area contributed by atoms with E-state index in [1.807, 2.05) is 11.7 Å². The number of hydrogen-bond acceptors (Lipinski definition) is 3. The Morgan fingerprint density at radius 2 is 2.44 bits per heavy atom. The van der Waals surface area contributed by atoms with Crippen LogP contribution in [0.25, 0.3) is 0 Å². The number of hydrogen-bond donors (Lipinski definition) is 1. The lowest BCUT2D eigenvalue weighted by Crippen LogP contribution is -2.29. The molecule has 0 spiro atoms. The SMILES string of the molecule is CCc1nn(C)c(CNC2CCOC2)c1Cl. The van der Waals surface area contributed by atoms with Crippen LogP contribution in [-0.4, -0.2) is 29.0 Å². The fourth-order valence-corrected chi connectivity index (χ4v) is 2.31. The highest BCUT2D eigenvalue weighted by Crippen LogP contribution is 2.20. The Balaban J connectivity index is 2.00. The molecule has 0 saturated carbocycles. The van der Waals surface area contributed by atoms with E-state index in [1.165, 1.54) is 0 Å². The Bertz CT molecular complexity index is 358. The average Bonchev–Trinajstić information content (AvgIpc) is 2.86. The predicted octanol–water partition coefficient (Wildman–Crippen LogP) is 1.51. The molecule has 1 aromatic heterocycles. The largest absolute Gasteiger partial charge is 0.380 e. The van der Waals surface area contributed by atoms with Crippen LogP contribution in [0.4, 0.5) is 0 Å². The van der Waals surface area contributed by atoms with Crippen LogP contribution in [0.1, 0.15) is 24.7 Å². The highest BCUT2D eigenvalue weighted by atomic mass is 35.5. The summed E-state index contributed by atoms with van der Waals surface area (Å²) in [6.07, 6.45) is 1.95. The lowest BCUT2D eigenvalue weighted by atomic mass is 10.2. The number of nitrogens with one attached hydrogen (secondary N) is 1. The van der Waals surface area contributed by atoms with Crippen LogP contribution in [0.5, 0.6) is 0 Å². The molecule has 0 bridgehead atoms. The van der Waals surface area contributed by atoms with Crippen molar-refractivity contribution in [2.45, 2.75) is 32.4 Å². The molecule has 5 heteroatoms. The van der Waals surface area contributed by atoms with Crippen LogP contribution in [0.3, 0.4) is 0 Å². The molecular weight excluding hydrogens is 226 g/mol. The van der Waals surface area contributed by atoms with Crippen LogP contribution in [-0.2, 0) is 24.8 Å². The van der Waals surface area contributed by atoms with Crippen molar-refractivity contribution in [1.29, 1.82) is 0 Å². The molecule has 0 aliphatic carbocycles. The average molecular weight is 244 g/mol. The molecule has 16 heavy (non-hydrogen) atoms. The molecular formula is C11H18ClN3O. The molecule has 0 amide bonds. The summed E-state index contributed by atoms with van der Waals surface area (Å²) in [5, 5.41) is 8.64. The normalized spacial score (nSPS) is 20.6. The fraction of sp³-hybridized carbons (Fsp3) is 0.727. The third kappa shape index (κ3) is 2.39. The van der Waals surface area contributed by atoms with Gasteiger partial charge in [-0.05, 0) is 12.8 Å². The maximum atomic E-state index is 6.26. The molecule has 1 saturated heterocycles. The summed E-state index contributed by atoms with van der Waals surface area (Å²) in [5.74, 6) is 0. The molecule has 1 aliphatic rings. The van der Waals surface area contributed by atoms with Gasteiger partial charge in [0.1, 0.15) is 0 Å². The highest BCUT2D eigenvalue weighted by Gasteiger charge is 2.17. The van der Waals surface area contributed by atoms with Crippen LogP contribution in [0.15, 0.2) is 0 Å². The molecule has 90 valence electrons. The molecule has 1 fully saturated rings. The number of ether oxygens (including phenoxy) is 1. The molecule has 0 radical (unpaired) electrons. The third-order valence-electron chi connectivity index (χ3n) is 2.99. The Morgan fingerprint density at radius 1 is 1.62 bits per heavy atom. The van der Waals surface area contributed by atoms with Gasteiger partial charge in [-0.3, -0.25) is 4.68 Å². The van der Waals surface area contributed by atoms with Gasteiger partial charge in [-0.25, -0.2) is 0 Å². The van der Waals surface area contributed by atoms with E-state index in [0.717, 1.165) is 49.0 Å². The van der Waals surface area contributed by atoms with Gasteiger partial charge in [0.15, 0.2) is 0 Å². The molecule has 2 heterocycles. The van der Waals surface area contributed by atoms with Gasteiger partial charge in [0.25, 0.3) is 0 Å². The van der Waals surface area contributed by atoms with Crippen molar-refractivity contribution in [1.82, 2.24) is 15.1 Å². The van der Waals surface area contributed by atoms with Gasteiger partial charge in [-0.2, -0.15) is 5.10 Å². The maximum absolute atomic E-state index is 6.26. The van der Waals surface area contributed by atoms with Crippen LogP contribution >= 0.6 is 11.6 Å². The maximum Gasteiger partial charge on any atom is 0.0863 e. The zero-order chi connectivity index (χ0) is 11.5. The van der Waals surface area contributed by atoms with Gasteiger partial charge in [0.2, 0.25) is 0 Å². The minimum atomic E-state index is 0.455. The molecule has 1 aromatic rings. The molecule has 0 aromatic carbocycles. The monoisotopic (exact) mass is 243 g/mol. The van der Waals surface area contributed by atoms with E-state index in [4.69, 9.17) is 16.3 Å². The quantitative estimate of drug-likeness (QED) is 0.872. The summed E-state index contributed by atoms with van der Waals surface area (Å²) in [5.41, 5.74) is 2.04. The second-order valence-electron chi connectivity index (χ2n) is 4.13. The number of aryl methyl sites for hydroxylation is 2. The summed E-state index contributed by atoms with van der Waals surface area (Å²) in [6.45, 7) is 4.49. The summed E-state index contributed by atoms with van der Waals surface area (Å²) in [6, 6.07) is 0.455. The second kappa shape index (κ2) is 5.17. The summed E-state index contributed by atoms with van der Waals surface area (Å²) in [7, 11) is 1.94. The van der Waals surface area contributed by atoms with Gasteiger partial charge in [-0.1, -0.05) is 18.5 Å². The van der Waals surface area contributed by atoms with Crippen molar-refractivity contribution >= 4 is 11.6 Å². The zero-order valence-corrected chi connectivity index (χ0v) is 10.5. The predicted molar refractivity (Wildman–Crippen MR) is 63.7 cm³/mol. The van der Waals surface area contributed by atoms with Gasteiger partial charge >= 0.3 is 0 Å². The Morgan fingerprint density at radius 3 is 3.00 bits per heavy atom. The molecule has 1 atom stereocenters. The minimum Gasteiger partial charge on any atom is -0.380 e. The second-order valence-corrected chi connectivity index (χ2v) is 4.50. The molecule has 4 nitrogen and oxygen atoms in total. The van der Waals surface area contributed by atoms with Crippen molar-refractivity contribution in [3.8, 4) is 0 Å². The first-order valence-electron chi connectivity index (χ1n) is 5.73. The summed E-state index contributed by atoms with van der Waals surface area (Å²) in [4.78, 5) is 0. The molecule has 1 unspecified atom stereocenters. The van der Waals surface area contributed by atoms with E-state index in [2.05, 4.69) is 17.3 Å². The topological polar surface area (TPSA) is 39.1 Å². The van der Waals surface area contributed by atoms with Crippen molar-refractivity contribution < 1.29 is 4.74 Å². The first-order valence-corrected chi connectivity index (χ1v) is 6.11. The lowest BCUT2D eigenvalue weighted by Gasteiger charge is -2.10. The number of nitrogens with zero attached hydrogens (tertiary/aromatic N) is 2. The Hall–Kier alpha value is -0.580. The third-order valence-corrected chi connectivity index (χ3v) is 3.43. The first-order chi connectivity index (χ1) is 7.72. The number of rotatable bonds is 4. The van der Waals surface area contributed by atoms with E-state index in [0.29, 0.717) is 6.04 Å². The summed E-state index contributed by atoms with van der Waals surface area (Å²) >= 11 is 6.26. The molecule has 2 rings (SSSR count). The molecule has 1 aliphatic heterocycles. The summed E-state index contributed by atoms with van der Waals surface area (Å²) < 4.78 is 7.18. The Labute approximate surface area is 101 Å². The zero-order valence-electron chi connectivity index (χ0n) is 9.79. The number of halogens is 1. The van der Waals surface area contributed by atoms with Gasteiger partial charge in [0.05, 0.1) is 23.0 Å². The van der Waals surface area contributed by atoms with E-state index in [9.17, 15) is 0 Å². The standard InChI is InChI=1S/C11H18ClN3O/c1-3-9-11(12)10(15(2)14-9)6-13-8-4-5-16-7-8/h8,13H,3-7H2,1-2H3. The van der Waals surface area contributed by atoms with Crippen molar-refractivity contribution in [2.75, 3.05) is 13.2 Å².